The van der Waals surface area contributed by atoms with E-state index in [2.05, 4.69) is 10.6 Å². The summed E-state index contributed by atoms with van der Waals surface area (Å²) in [5, 5.41) is 14.1. The summed E-state index contributed by atoms with van der Waals surface area (Å²) in [7, 11) is 0. The van der Waals surface area contributed by atoms with Gasteiger partial charge in [0.05, 0.1) is 0 Å². The summed E-state index contributed by atoms with van der Waals surface area (Å²) in [4.78, 5) is 22.5. The molecule has 0 bridgehead atoms. The molecule has 1 fully saturated rings. The van der Waals surface area contributed by atoms with Gasteiger partial charge in [-0.25, -0.2) is 0 Å². The van der Waals surface area contributed by atoms with E-state index in [0.717, 1.165) is 18.2 Å². The molecular weight excluding hydrogens is 228 g/mol. The van der Waals surface area contributed by atoms with E-state index < -0.39 is 6.04 Å². The smallest absolute Gasteiger partial charge is 0.279 e. The van der Waals surface area contributed by atoms with E-state index in [4.69, 9.17) is 5.11 Å². The maximum atomic E-state index is 11.6. The second-order valence-corrected chi connectivity index (χ2v) is 4.82. The van der Waals surface area contributed by atoms with E-state index in [1.54, 1.807) is 0 Å². The molecule has 3 N–H and O–H groups in total. The number of carbonyl (C=O) groups excluding carboxylic acids is 2. The summed E-state index contributed by atoms with van der Waals surface area (Å²) in [6.07, 6.45) is 1.62. The average molecular weight is 246 g/mol. The fourth-order valence-electron chi connectivity index (χ4n) is 1.53. The van der Waals surface area contributed by atoms with Crippen LogP contribution >= 0.6 is 11.8 Å². The fourth-order valence-corrected chi connectivity index (χ4v) is 2.31. The molecule has 5 nitrogen and oxygen atoms in total. The lowest BCUT2D eigenvalue weighted by molar-refractivity contribution is -0.122. The third-order valence-corrected chi connectivity index (χ3v) is 3.55. The highest BCUT2D eigenvalue weighted by atomic mass is 32.2. The van der Waals surface area contributed by atoms with Gasteiger partial charge in [0.1, 0.15) is 6.04 Å². The minimum atomic E-state index is -0.399. The van der Waals surface area contributed by atoms with Gasteiger partial charge in [-0.15, -0.1) is 0 Å². The predicted octanol–water partition coefficient (Wildman–Crippen LogP) is 0.336. The van der Waals surface area contributed by atoms with Crippen molar-refractivity contribution in [2.75, 3.05) is 18.9 Å². The Bertz CT molecular complexity index is 260. The molecule has 0 radical (unpaired) electrons. The molecule has 0 aromatic carbocycles. The highest BCUT2D eigenvalue weighted by Gasteiger charge is 2.27. The van der Waals surface area contributed by atoms with Gasteiger partial charge in [0.25, 0.3) is 5.24 Å². The minimum absolute atomic E-state index is 0.130. The summed E-state index contributed by atoms with van der Waals surface area (Å²) in [5.74, 6) is 0.676. The summed E-state index contributed by atoms with van der Waals surface area (Å²) < 4.78 is 0. The van der Waals surface area contributed by atoms with Crippen molar-refractivity contribution in [3.05, 3.63) is 0 Å². The standard InChI is InChI=1S/C10H18N2O3S/c1-2-7(3-4-13)5-11-9(14)8-6-16-10(15)12-8/h7-8,13H,2-6H2,1H3,(H,11,14)(H,12,15). The van der Waals surface area contributed by atoms with Gasteiger partial charge < -0.3 is 15.7 Å². The number of amides is 2. The first kappa shape index (κ1) is 13.3. The van der Waals surface area contributed by atoms with Crippen LogP contribution < -0.4 is 10.6 Å². The predicted molar refractivity (Wildman–Crippen MR) is 63.3 cm³/mol. The van der Waals surface area contributed by atoms with Crippen LogP contribution in [0.3, 0.4) is 0 Å². The van der Waals surface area contributed by atoms with Crippen LogP contribution in [0.4, 0.5) is 4.79 Å². The molecule has 1 saturated heterocycles. The fraction of sp³-hybridized carbons (Fsp3) is 0.800. The van der Waals surface area contributed by atoms with Crippen LogP contribution in [0.2, 0.25) is 0 Å². The van der Waals surface area contributed by atoms with Gasteiger partial charge in [0, 0.05) is 18.9 Å². The third-order valence-electron chi connectivity index (χ3n) is 2.67. The van der Waals surface area contributed by atoms with Gasteiger partial charge in [-0.1, -0.05) is 25.1 Å². The maximum absolute atomic E-state index is 11.6. The summed E-state index contributed by atoms with van der Waals surface area (Å²) in [6.45, 7) is 2.73. The zero-order valence-electron chi connectivity index (χ0n) is 9.36. The van der Waals surface area contributed by atoms with Crippen molar-refractivity contribution in [2.24, 2.45) is 5.92 Å². The number of aliphatic hydroxyl groups excluding tert-OH is 1. The van der Waals surface area contributed by atoms with Gasteiger partial charge in [-0.3, -0.25) is 9.59 Å². The average Bonchev–Trinajstić information content (AvgIpc) is 2.70. The van der Waals surface area contributed by atoms with Gasteiger partial charge in [-0.2, -0.15) is 0 Å². The molecule has 1 heterocycles. The molecule has 1 aliphatic heterocycles. The van der Waals surface area contributed by atoms with Crippen molar-refractivity contribution in [3.63, 3.8) is 0 Å². The van der Waals surface area contributed by atoms with Crippen LogP contribution in [0.1, 0.15) is 19.8 Å². The Morgan fingerprint density at radius 3 is 3.00 bits per heavy atom. The second-order valence-electron chi connectivity index (χ2n) is 3.83. The van der Waals surface area contributed by atoms with E-state index >= 15 is 0 Å². The summed E-state index contributed by atoms with van der Waals surface area (Å²) >= 11 is 1.13. The van der Waals surface area contributed by atoms with E-state index in [9.17, 15) is 9.59 Å². The molecule has 0 spiro atoms. The summed E-state index contributed by atoms with van der Waals surface area (Å²) in [6, 6.07) is -0.399. The molecule has 16 heavy (non-hydrogen) atoms. The normalized spacial score (nSPS) is 21.6. The Hall–Kier alpha value is -0.750. The number of carbonyl (C=O) groups is 2. The lowest BCUT2D eigenvalue weighted by Gasteiger charge is -2.16. The van der Waals surface area contributed by atoms with Crippen LogP contribution in [0.25, 0.3) is 0 Å². The lowest BCUT2D eigenvalue weighted by Crippen LogP contribution is -2.44. The van der Waals surface area contributed by atoms with Crippen LogP contribution in [0, 0.1) is 5.92 Å². The second kappa shape index (κ2) is 6.75. The minimum Gasteiger partial charge on any atom is -0.396 e. The van der Waals surface area contributed by atoms with Crippen molar-refractivity contribution in [1.29, 1.82) is 0 Å². The molecule has 92 valence electrons. The number of aliphatic hydroxyl groups is 1. The number of rotatable bonds is 6. The molecule has 0 aromatic rings. The monoisotopic (exact) mass is 246 g/mol. The van der Waals surface area contributed by atoms with Crippen molar-refractivity contribution >= 4 is 22.9 Å². The van der Waals surface area contributed by atoms with E-state index in [-0.39, 0.29) is 17.8 Å². The molecule has 2 amide bonds. The number of hydrogen-bond donors (Lipinski definition) is 3. The lowest BCUT2D eigenvalue weighted by atomic mass is 10.0. The van der Waals surface area contributed by atoms with Crippen molar-refractivity contribution in [2.45, 2.75) is 25.8 Å². The quantitative estimate of drug-likeness (QED) is 0.631. The molecule has 0 aliphatic carbocycles. The third kappa shape index (κ3) is 4.02. The van der Waals surface area contributed by atoms with Crippen LogP contribution in [0.5, 0.6) is 0 Å². The first-order valence-electron chi connectivity index (χ1n) is 5.49. The Labute approximate surface area is 99.4 Å². The Balaban J connectivity index is 2.26. The van der Waals surface area contributed by atoms with Crippen molar-refractivity contribution < 1.29 is 14.7 Å². The molecule has 6 heteroatoms. The first-order chi connectivity index (χ1) is 7.67. The topological polar surface area (TPSA) is 78.4 Å². The van der Waals surface area contributed by atoms with Crippen molar-refractivity contribution in [1.82, 2.24) is 10.6 Å². The molecule has 0 saturated carbocycles. The van der Waals surface area contributed by atoms with Gasteiger partial charge in [0.2, 0.25) is 5.91 Å². The van der Waals surface area contributed by atoms with Gasteiger partial charge >= 0.3 is 0 Å². The summed E-state index contributed by atoms with van der Waals surface area (Å²) in [5.41, 5.74) is 0. The van der Waals surface area contributed by atoms with Crippen LogP contribution in [-0.4, -0.2) is 41.2 Å². The van der Waals surface area contributed by atoms with E-state index in [1.807, 2.05) is 6.92 Å². The zero-order chi connectivity index (χ0) is 12.0. The number of hydrogen-bond acceptors (Lipinski definition) is 4. The molecule has 0 aromatic heterocycles. The Morgan fingerprint density at radius 1 is 1.75 bits per heavy atom. The first-order valence-corrected chi connectivity index (χ1v) is 6.47. The molecule has 2 atom stereocenters. The highest BCUT2D eigenvalue weighted by Crippen LogP contribution is 2.13. The van der Waals surface area contributed by atoms with E-state index in [0.29, 0.717) is 24.6 Å². The van der Waals surface area contributed by atoms with Gasteiger partial charge in [-0.05, 0) is 12.3 Å². The molecule has 2 unspecified atom stereocenters. The maximum Gasteiger partial charge on any atom is 0.279 e. The van der Waals surface area contributed by atoms with Crippen LogP contribution in [0.15, 0.2) is 0 Å². The Kier molecular flexibility index (Phi) is 5.62. The van der Waals surface area contributed by atoms with Gasteiger partial charge in [0.15, 0.2) is 0 Å². The molecule has 1 rings (SSSR count). The number of thioether (sulfide) groups is 1. The van der Waals surface area contributed by atoms with Crippen LogP contribution in [-0.2, 0) is 4.79 Å². The molecule has 1 aliphatic rings. The zero-order valence-corrected chi connectivity index (χ0v) is 10.2. The molecular formula is C10H18N2O3S. The van der Waals surface area contributed by atoms with Crippen molar-refractivity contribution in [3.8, 4) is 0 Å². The largest absolute Gasteiger partial charge is 0.396 e. The Morgan fingerprint density at radius 2 is 2.50 bits per heavy atom. The van der Waals surface area contributed by atoms with E-state index in [1.165, 1.54) is 0 Å². The highest BCUT2D eigenvalue weighted by molar-refractivity contribution is 8.14. The number of nitrogens with one attached hydrogen (secondary N) is 2. The SMILES string of the molecule is CCC(CCO)CNC(=O)C1CSC(=O)N1.